The second-order valence-electron chi connectivity index (χ2n) is 7.92. The van der Waals surface area contributed by atoms with Crippen LogP contribution < -0.4 is 15.4 Å². The molecule has 1 aliphatic heterocycles. The highest BCUT2D eigenvalue weighted by molar-refractivity contribution is 6.31. The number of carbonyl (C=O) groups excluding carboxylic acids is 2. The molecule has 34 heavy (non-hydrogen) atoms. The van der Waals surface area contributed by atoms with E-state index in [1.807, 2.05) is 30.0 Å². The average Bonchev–Trinajstić information content (AvgIpc) is 2.78. The summed E-state index contributed by atoms with van der Waals surface area (Å²) in [6, 6.07) is 12.0. The Bertz CT molecular complexity index is 980. The van der Waals surface area contributed by atoms with Gasteiger partial charge in [-0.15, -0.1) is 13.2 Å². The van der Waals surface area contributed by atoms with Crippen LogP contribution in [0.4, 0.5) is 18.9 Å². The zero-order valence-electron chi connectivity index (χ0n) is 18.6. The third-order valence-electron chi connectivity index (χ3n) is 5.48. The van der Waals surface area contributed by atoms with Crippen molar-refractivity contribution in [1.82, 2.24) is 15.1 Å². The van der Waals surface area contributed by atoms with Gasteiger partial charge in [-0.1, -0.05) is 29.8 Å². The summed E-state index contributed by atoms with van der Waals surface area (Å²) in [5.41, 5.74) is 1.23. The number of hydrogen-bond acceptors (Lipinski definition) is 5. The Morgan fingerprint density at radius 2 is 1.71 bits per heavy atom. The molecule has 0 saturated carbocycles. The lowest BCUT2D eigenvalue weighted by atomic mass is 10.2. The maximum atomic E-state index is 12.5. The van der Waals surface area contributed by atoms with Crippen LogP contribution in [-0.2, 0) is 16.1 Å². The highest BCUT2D eigenvalue weighted by Crippen LogP contribution is 2.24. The van der Waals surface area contributed by atoms with Crippen molar-refractivity contribution in [3.8, 4) is 5.75 Å². The molecule has 184 valence electrons. The van der Waals surface area contributed by atoms with E-state index >= 15 is 0 Å². The minimum atomic E-state index is -4.76. The molecule has 1 fully saturated rings. The Kier molecular flexibility index (Phi) is 8.76. The minimum absolute atomic E-state index is 0.0935. The normalized spacial score (nSPS) is 16.0. The van der Waals surface area contributed by atoms with Crippen LogP contribution in [0.1, 0.15) is 12.5 Å². The topological polar surface area (TPSA) is 73.9 Å². The molecule has 0 aromatic heterocycles. The molecular formula is C23H26ClF3N4O3. The van der Waals surface area contributed by atoms with Crippen molar-refractivity contribution in [3.05, 3.63) is 59.1 Å². The predicted molar refractivity (Wildman–Crippen MR) is 123 cm³/mol. The van der Waals surface area contributed by atoms with Gasteiger partial charge in [-0.05, 0) is 42.8 Å². The minimum Gasteiger partial charge on any atom is -0.406 e. The van der Waals surface area contributed by atoms with Gasteiger partial charge < -0.3 is 15.4 Å². The first-order chi connectivity index (χ1) is 16.1. The smallest absolute Gasteiger partial charge is 0.406 e. The van der Waals surface area contributed by atoms with Crippen LogP contribution in [0.5, 0.6) is 5.75 Å². The zero-order chi connectivity index (χ0) is 24.7. The number of hydrogen-bond donors (Lipinski definition) is 2. The van der Waals surface area contributed by atoms with Crippen molar-refractivity contribution in [2.24, 2.45) is 0 Å². The summed E-state index contributed by atoms with van der Waals surface area (Å²) >= 11 is 6.13. The van der Waals surface area contributed by atoms with E-state index in [-0.39, 0.29) is 30.2 Å². The van der Waals surface area contributed by atoms with Crippen LogP contribution in [0.3, 0.4) is 0 Å². The Morgan fingerprint density at radius 3 is 2.32 bits per heavy atom. The fourth-order valence-corrected chi connectivity index (χ4v) is 3.79. The summed E-state index contributed by atoms with van der Waals surface area (Å²) in [4.78, 5) is 28.9. The second kappa shape index (κ2) is 11.5. The fourth-order valence-electron chi connectivity index (χ4n) is 3.59. The van der Waals surface area contributed by atoms with Gasteiger partial charge >= 0.3 is 6.36 Å². The summed E-state index contributed by atoms with van der Waals surface area (Å²) in [6.07, 6.45) is -4.76. The van der Waals surface area contributed by atoms with Crippen molar-refractivity contribution in [3.63, 3.8) is 0 Å². The lowest BCUT2D eigenvalue weighted by molar-refractivity contribution is -0.274. The number of halogens is 4. The predicted octanol–water partition coefficient (Wildman–Crippen LogP) is 3.50. The molecule has 3 rings (SSSR count). The summed E-state index contributed by atoms with van der Waals surface area (Å²) < 4.78 is 40.5. The zero-order valence-corrected chi connectivity index (χ0v) is 19.3. The summed E-state index contributed by atoms with van der Waals surface area (Å²) in [5.74, 6) is -0.723. The summed E-state index contributed by atoms with van der Waals surface area (Å²) in [7, 11) is 0. The summed E-state index contributed by atoms with van der Waals surface area (Å²) in [5, 5.41) is 6.18. The van der Waals surface area contributed by atoms with Gasteiger partial charge in [0.2, 0.25) is 11.8 Å². The van der Waals surface area contributed by atoms with E-state index in [9.17, 15) is 22.8 Å². The molecule has 0 spiro atoms. The van der Waals surface area contributed by atoms with Crippen LogP contribution >= 0.6 is 11.6 Å². The quantitative estimate of drug-likeness (QED) is 0.583. The number of carbonyl (C=O) groups is 2. The van der Waals surface area contributed by atoms with E-state index in [1.165, 1.54) is 12.1 Å². The largest absolute Gasteiger partial charge is 0.573 e. The van der Waals surface area contributed by atoms with Crippen LogP contribution in [0.25, 0.3) is 0 Å². The number of alkyl halides is 3. The molecular weight excluding hydrogens is 473 g/mol. The van der Waals surface area contributed by atoms with E-state index in [0.717, 1.165) is 17.7 Å². The van der Waals surface area contributed by atoms with Crippen LogP contribution in [0.15, 0.2) is 48.5 Å². The fraction of sp³-hybridized carbons (Fsp3) is 0.391. The van der Waals surface area contributed by atoms with Gasteiger partial charge in [0.15, 0.2) is 0 Å². The number of anilines is 1. The lowest BCUT2D eigenvalue weighted by Crippen LogP contribution is -2.54. The van der Waals surface area contributed by atoms with Crippen molar-refractivity contribution < 1.29 is 27.5 Å². The second-order valence-corrected chi connectivity index (χ2v) is 8.32. The molecule has 2 aromatic rings. The van der Waals surface area contributed by atoms with Gasteiger partial charge in [0, 0.05) is 43.4 Å². The van der Waals surface area contributed by atoms with Gasteiger partial charge in [0.25, 0.3) is 0 Å². The van der Waals surface area contributed by atoms with Crippen LogP contribution in [0.2, 0.25) is 5.02 Å². The SMILES string of the molecule is CC(C(=O)NCc1ccccc1Cl)N1CCN(CC(=O)Nc2ccc(OC(F)(F)F)cc2)CC1. The van der Waals surface area contributed by atoms with Gasteiger partial charge in [0.05, 0.1) is 12.6 Å². The highest BCUT2D eigenvalue weighted by atomic mass is 35.5. The number of nitrogens with zero attached hydrogens (tertiary/aromatic N) is 2. The molecule has 1 unspecified atom stereocenters. The number of benzene rings is 2. The maximum absolute atomic E-state index is 12.5. The molecule has 11 heteroatoms. The van der Waals surface area contributed by atoms with Gasteiger partial charge in [0.1, 0.15) is 5.75 Å². The van der Waals surface area contributed by atoms with Crippen molar-refractivity contribution >= 4 is 29.1 Å². The number of piperazine rings is 1. The molecule has 1 aliphatic rings. The molecule has 1 saturated heterocycles. The summed E-state index contributed by atoms with van der Waals surface area (Å²) in [6.45, 7) is 4.79. The van der Waals surface area contributed by atoms with Gasteiger partial charge in [-0.3, -0.25) is 19.4 Å². The molecule has 2 aromatic carbocycles. The van der Waals surface area contributed by atoms with Crippen LogP contribution in [0, 0.1) is 0 Å². The third-order valence-corrected chi connectivity index (χ3v) is 5.85. The Balaban J connectivity index is 1.39. The Labute approximate surface area is 200 Å². The number of ether oxygens (including phenoxy) is 1. The van der Waals surface area contributed by atoms with Crippen molar-refractivity contribution in [2.75, 3.05) is 38.0 Å². The van der Waals surface area contributed by atoms with Crippen LogP contribution in [-0.4, -0.2) is 66.7 Å². The molecule has 1 heterocycles. The molecule has 0 radical (unpaired) electrons. The molecule has 7 nitrogen and oxygen atoms in total. The van der Waals surface area contributed by atoms with Gasteiger partial charge in [-0.25, -0.2) is 0 Å². The molecule has 0 bridgehead atoms. The Morgan fingerprint density at radius 1 is 1.06 bits per heavy atom. The number of rotatable bonds is 8. The van der Waals surface area contributed by atoms with E-state index in [2.05, 4.69) is 20.3 Å². The van der Waals surface area contributed by atoms with Crippen molar-refractivity contribution in [2.45, 2.75) is 25.9 Å². The first-order valence-corrected chi connectivity index (χ1v) is 11.1. The monoisotopic (exact) mass is 498 g/mol. The van der Waals surface area contributed by atoms with E-state index < -0.39 is 6.36 Å². The van der Waals surface area contributed by atoms with E-state index in [0.29, 0.717) is 43.4 Å². The maximum Gasteiger partial charge on any atom is 0.573 e. The Hall–Kier alpha value is -2.82. The first-order valence-electron chi connectivity index (χ1n) is 10.7. The van der Waals surface area contributed by atoms with Gasteiger partial charge in [-0.2, -0.15) is 0 Å². The highest BCUT2D eigenvalue weighted by Gasteiger charge is 2.31. The number of amides is 2. The number of nitrogens with one attached hydrogen (secondary N) is 2. The van der Waals surface area contributed by atoms with E-state index in [4.69, 9.17) is 11.6 Å². The van der Waals surface area contributed by atoms with E-state index in [1.54, 1.807) is 6.07 Å². The standard InChI is InChI=1S/C23H26ClF3N4O3/c1-16(22(33)28-14-17-4-2-3-5-20(17)24)31-12-10-30(11-13-31)15-21(32)29-18-6-8-19(9-7-18)34-23(25,26)27/h2-9,16H,10-15H2,1H3,(H,28,33)(H,29,32). The lowest BCUT2D eigenvalue weighted by Gasteiger charge is -2.37. The first kappa shape index (κ1) is 25.8. The molecule has 0 aliphatic carbocycles. The molecule has 2 amide bonds. The molecule has 2 N–H and O–H groups in total. The molecule has 1 atom stereocenters. The third kappa shape index (κ3) is 7.89. The average molecular weight is 499 g/mol. The van der Waals surface area contributed by atoms with Crippen molar-refractivity contribution in [1.29, 1.82) is 0 Å².